The highest BCUT2D eigenvalue weighted by molar-refractivity contribution is 8.00. The van der Waals surface area contributed by atoms with Gasteiger partial charge in [0.05, 0.1) is 12.3 Å². The number of hydrogen-bond donors (Lipinski definition) is 2. The highest BCUT2D eigenvalue weighted by Crippen LogP contribution is 2.31. The quantitative estimate of drug-likeness (QED) is 0.499. The van der Waals surface area contributed by atoms with Crippen molar-refractivity contribution in [3.63, 3.8) is 0 Å². The molecule has 2 aromatic rings. The summed E-state index contributed by atoms with van der Waals surface area (Å²) in [6.45, 7) is 2.10. The molecule has 6 nitrogen and oxygen atoms in total. The molecule has 18 heavy (non-hydrogen) atoms. The van der Waals surface area contributed by atoms with Gasteiger partial charge >= 0.3 is 5.97 Å². The van der Waals surface area contributed by atoms with E-state index in [2.05, 4.69) is 15.1 Å². The highest BCUT2D eigenvalue weighted by Gasteiger charge is 2.12. The van der Waals surface area contributed by atoms with E-state index in [9.17, 15) is 4.79 Å². The van der Waals surface area contributed by atoms with E-state index in [-0.39, 0.29) is 5.75 Å². The molecule has 2 N–H and O–H groups in total. The molecule has 0 aliphatic rings. The fourth-order valence-electron chi connectivity index (χ4n) is 1.44. The van der Waals surface area contributed by atoms with E-state index in [1.807, 2.05) is 6.07 Å². The van der Waals surface area contributed by atoms with Crippen LogP contribution in [-0.2, 0) is 11.3 Å². The zero-order valence-electron chi connectivity index (χ0n) is 9.51. The molecule has 0 saturated heterocycles. The standard InChI is InChI=1S/C10H10N4O2S2/c1-5-13-9(17-4-8(15)16)7-2-6(3-12-11)18-10(7)14-5/h2,11H,3-4H2,1H3,(H,15,16). The van der Waals surface area contributed by atoms with E-state index in [1.54, 1.807) is 6.92 Å². The number of thioether (sulfide) groups is 1. The SMILES string of the molecule is Cc1nc(SCC(=O)O)c2cc(CN=N)sc2n1. The van der Waals surface area contributed by atoms with Crippen molar-refractivity contribution in [2.45, 2.75) is 18.5 Å². The number of aliphatic carboxylic acids is 1. The Morgan fingerprint density at radius 1 is 1.61 bits per heavy atom. The lowest BCUT2D eigenvalue weighted by Gasteiger charge is -2.00. The van der Waals surface area contributed by atoms with Crippen molar-refractivity contribution in [3.8, 4) is 0 Å². The van der Waals surface area contributed by atoms with Crippen molar-refractivity contribution in [1.82, 2.24) is 9.97 Å². The summed E-state index contributed by atoms with van der Waals surface area (Å²) in [6.07, 6.45) is 0. The minimum atomic E-state index is -0.874. The number of rotatable bonds is 5. The lowest BCUT2D eigenvalue weighted by atomic mass is 10.3. The third-order valence-corrected chi connectivity index (χ3v) is 4.08. The van der Waals surface area contributed by atoms with Gasteiger partial charge in [0.15, 0.2) is 0 Å². The number of carboxylic acids is 1. The number of fused-ring (bicyclic) bond motifs is 1. The molecule has 0 bridgehead atoms. The van der Waals surface area contributed by atoms with Crippen LogP contribution in [0.3, 0.4) is 0 Å². The van der Waals surface area contributed by atoms with Crippen molar-refractivity contribution in [2.75, 3.05) is 5.75 Å². The fraction of sp³-hybridized carbons (Fsp3) is 0.300. The summed E-state index contributed by atoms with van der Waals surface area (Å²) in [4.78, 5) is 20.9. The average Bonchev–Trinajstić information content (AvgIpc) is 2.68. The predicted octanol–water partition coefficient (Wildman–Crippen LogP) is 2.71. The zero-order chi connectivity index (χ0) is 13.1. The van der Waals surface area contributed by atoms with Crippen LogP contribution in [0, 0.1) is 12.5 Å². The van der Waals surface area contributed by atoms with Crippen molar-refractivity contribution in [2.24, 2.45) is 5.11 Å². The molecule has 2 aromatic heterocycles. The van der Waals surface area contributed by atoms with E-state index in [0.29, 0.717) is 17.4 Å². The summed E-state index contributed by atoms with van der Waals surface area (Å²) < 4.78 is 0. The van der Waals surface area contributed by atoms with E-state index in [4.69, 9.17) is 10.6 Å². The Morgan fingerprint density at radius 2 is 2.39 bits per heavy atom. The molecular formula is C10H10N4O2S2. The molecule has 0 saturated carbocycles. The summed E-state index contributed by atoms with van der Waals surface area (Å²) in [6, 6.07) is 1.88. The molecule has 0 atom stereocenters. The van der Waals surface area contributed by atoms with Crippen LogP contribution in [0.5, 0.6) is 0 Å². The maximum Gasteiger partial charge on any atom is 0.313 e. The zero-order valence-corrected chi connectivity index (χ0v) is 11.1. The number of nitrogens with one attached hydrogen (secondary N) is 1. The van der Waals surface area contributed by atoms with Gasteiger partial charge in [-0.3, -0.25) is 4.79 Å². The third kappa shape index (κ3) is 2.82. The summed E-state index contributed by atoms with van der Waals surface area (Å²) in [5, 5.41) is 13.6. The summed E-state index contributed by atoms with van der Waals surface area (Å²) in [5.41, 5.74) is 6.86. The number of aromatic nitrogens is 2. The number of carboxylic acid groups (broad SMARTS) is 1. The second-order valence-electron chi connectivity index (χ2n) is 3.51. The Kier molecular flexibility index (Phi) is 3.87. The van der Waals surface area contributed by atoms with Gasteiger partial charge in [0, 0.05) is 10.3 Å². The minimum Gasteiger partial charge on any atom is -0.481 e. The number of thiophene rings is 1. The van der Waals surface area contributed by atoms with Crippen LogP contribution < -0.4 is 0 Å². The van der Waals surface area contributed by atoms with Gasteiger partial charge in [0.25, 0.3) is 0 Å². The molecule has 94 valence electrons. The number of aryl methyl sites for hydroxylation is 1. The molecule has 0 aliphatic heterocycles. The highest BCUT2D eigenvalue weighted by atomic mass is 32.2. The molecule has 0 spiro atoms. The van der Waals surface area contributed by atoms with Gasteiger partial charge in [0.1, 0.15) is 15.7 Å². The van der Waals surface area contributed by atoms with E-state index in [1.165, 1.54) is 23.1 Å². The second-order valence-corrected chi connectivity index (χ2v) is 5.59. The Bertz CT molecular complexity index is 611. The molecule has 0 aromatic carbocycles. The molecule has 0 radical (unpaired) electrons. The maximum atomic E-state index is 10.6. The average molecular weight is 282 g/mol. The van der Waals surface area contributed by atoms with Crippen molar-refractivity contribution in [1.29, 1.82) is 5.53 Å². The first-order valence-corrected chi connectivity index (χ1v) is 6.85. The topological polar surface area (TPSA) is 99.3 Å². The lowest BCUT2D eigenvalue weighted by molar-refractivity contribution is -0.133. The van der Waals surface area contributed by atoms with Crippen LogP contribution in [0.25, 0.3) is 10.2 Å². The van der Waals surface area contributed by atoms with Gasteiger partial charge in [-0.05, 0) is 13.0 Å². The third-order valence-electron chi connectivity index (χ3n) is 2.09. The van der Waals surface area contributed by atoms with Crippen LogP contribution in [0.2, 0.25) is 0 Å². The van der Waals surface area contributed by atoms with Gasteiger partial charge in [-0.1, -0.05) is 11.8 Å². The number of nitrogens with zero attached hydrogens (tertiary/aromatic N) is 3. The molecule has 0 aliphatic carbocycles. The first kappa shape index (κ1) is 12.9. The minimum absolute atomic E-state index is 0.0282. The maximum absolute atomic E-state index is 10.6. The van der Waals surface area contributed by atoms with E-state index < -0.39 is 5.97 Å². The fourth-order valence-corrected chi connectivity index (χ4v) is 3.27. The normalized spacial score (nSPS) is 10.7. The van der Waals surface area contributed by atoms with Crippen LogP contribution in [0.4, 0.5) is 0 Å². The lowest BCUT2D eigenvalue weighted by Crippen LogP contribution is -1.99. The van der Waals surface area contributed by atoms with Gasteiger partial charge in [-0.2, -0.15) is 5.11 Å². The predicted molar refractivity (Wildman–Crippen MR) is 69.4 cm³/mol. The molecule has 0 fully saturated rings. The van der Waals surface area contributed by atoms with E-state index in [0.717, 1.165) is 15.1 Å². The molecule has 0 unspecified atom stereocenters. The van der Waals surface area contributed by atoms with Crippen LogP contribution >= 0.6 is 23.1 Å². The Labute approximate surface area is 111 Å². The largest absolute Gasteiger partial charge is 0.481 e. The van der Waals surface area contributed by atoms with Gasteiger partial charge < -0.3 is 5.11 Å². The first-order chi connectivity index (χ1) is 8.60. The molecule has 2 rings (SSSR count). The molecular weight excluding hydrogens is 272 g/mol. The van der Waals surface area contributed by atoms with Gasteiger partial charge in [-0.15, -0.1) is 11.3 Å². The monoisotopic (exact) mass is 282 g/mol. The summed E-state index contributed by atoms with van der Waals surface area (Å²) in [7, 11) is 0. The van der Waals surface area contributed by atoms with Crippen LogP contribution in [0.1, 0.15) is 10.7 Å². The molecule has 8 heteroatoms. The Morgan fingerprint density at radius 3 is 3.06 bits per heavy atom. The van der Waals surface area contributed by atoms with Gasteiger partial charge in [0.2, 0.25) is 0 Å². The number of carbonyl (C=O) groups is 1. The van der Waals surface area contributed by atoms with Gasteiger partial charge in [-0.25, -0.2) is 15.5 Å². The Hall–Kier alpha value is -1.54. The van der Waals surface area contributed by atoms with Crippen molar-refractivity contribution >= 4 is 39.3 Å². The first-order valence-electron chi connectivity index (χ1n) is 5.05. The van der Waals surface area contributed by atoms with Crippen molar-refractivity contribution in [3.05, 3.63) is 16.8 Å². The molecule has 2 heterocycles. The van der Waals surface area contributed by atoms with E-state index >= 15 is 0 Å². The molecule has 0 amide bonds. The second kappa shape index (κ2) is 5.40. The smallest absolute Gasteiger partial charge is 0.313 e. The van der Waals surface area contributed by atoms with Crippen molar-refractivity contribution < 1.29 is 9.90 Å². The summed E-state index contributed by atoms with van der Waals surface area (Å²) >= 11 is 2.64. The van der Waals surface area contributed by atoms with Crippen LogP contribution in [0.15, 0.2) is 16.2 Å². The summed E-state index contributed by atoms with van der Waals surface area (Å²) in [5.74, 6) is -0.285. The van der Waals surface area contributed by atoms with Crippen LogP contribution in [-0.4, -0.2) is 26.8 Å². The Balaban J connectivity index is 2.43. The number of hydrogen-bond acceptors (Lipinski definition) is 7.